The molecule has 0 radical (unpaired) electrons. The summed E-state index contributed by atoms with van der Waals surface area (Å²) in [7, 11) is 1.58. The minimum atomic E-state index is 0.606. The predicted octanol–water partition coefficient (Wildman–Crippen LogP) is 3.59. The molecule has 0 aliphatic carbocycles. The first-order valence-electron chi connectivity index (χ1n) is 4.92. The van der Waals surface area contributed by atoms with Gasteiger partial charge in [-0.05, 0) is 25.1 Å². The number of methoxy groups -OCH3 is 1. The van der Waals surface area contributed by atoms with Gasteiger partial charge in [0.05, 0.1) is 23.2 Å². The van der Waals surface area contributed by atoms with Crippen LogP contribution in [0.5, 0.6) is 5.75 Å². The topological polar surface area (TPSA) is 39.2 Å². The molecule has 0 aliphatic heterocycles. The molecular weight excluding hydrogens is 258 g/mol. The van der Waals surface area contributed by atoms with Crippen LogP contribution in [0.2, 0.25) is 5.02 Å². The van der Waals surface area contributed by atoms with Gasteiger partial charge < -0.3 is 4.74 Å². The van der Waals surface area contributed by atoms with Gasteiger partial charge in [0, 0.05) is 5.02 Å². The monoisotopic (exact) mass is 267 g/mol. The van der Waals surface area contributed by atoms with Crippen LogP contribution >= 0.6 is 22.9 Å². The lowest BCUT2D eigenvalue weighted by Crippen LogP contribution is -1.87. The van der Waals surface area contributed by atoms with Crippen molar-refractivity contribution < 1.29 is 9.53 Å². The van der Waals surface area contributed by atoms with E-state index in [-0.39, 0.29) is 0 Å². The fourth-order valence-corrected chi connectivity index (χ4v) is 2.55. The van der Waals surface area contributed by atoms with E-state index in [4.69, 9.17) is 16.3 Å². The molecule has 0 amide bonds. The largest absolute Gasteiger partial charge is 0.496 e. The first kappa shape index (κ1) is 12.1. The van der Waals surface area contributed by atoms with E-state index in [1.807, 2.05) is 13.0 Å². The third kappa shape index (κ3) is 2.33. The molecule has 0 saturated carbocycles. The normalized spacial score (nSPS) is 10.3. The van der Waals surface area contributed by atoms with E-state index in [0.29, 0.717) is 15.6 Å². The Morgan fingerprint density at radius 2 is 2.24 bits per heavy atom. The van der Waals surface area contributed by atoms with Crippen molar-refractivity contribution in [3.05, 3.63) is 33.8 Å². The maximum atomic E-state index is 10.8. The molecule has 88 valence electrons. The molecule has 0 aliphatic rings. The van der Waals surface area contributed by atoms with E-state index in [2.05, 4.69) is 4.98 Å². The van der Waals surface area contributed by atoms with Crippen LogP contribution in [0, 0.1) is 6.92 Å². The second kappa shape index (κ2) is 4.85. The standard InChI is InChI=1S/C12H10ClNO2S/c1-7-11(6-15)17-12(14-7)9-4-3-8(13)5-10(9)16-2/h3-6H,1-2H3. The summed E-state index contributed by atoms with van der Waals surface area (Å²) in [6.07, 6.45) is 0.818. The Hall–Kier alpha value is -1.39. The van der Waals surface area contributed by atoms with Crippen LogP contribution in [0.4, 0.5) is 0 Å². The van der Waals surface area contributed by atoms with E-state index in [1.54, 1.807) is 19.2 Å². The maximum Gasteiger partial charge on any atom is 0.161 e. The number of hydrogen-bond donors (Lipinski definition) is 0. The van der Waals surface area contributed by atoms with Gasteiger partial charge in [-0.2, -0.15) is 0 Å². The highest BCUT2D eigenvalue weighted by atomic mass is 35.5. The lowest BCUT2D eigenvalue weighted by atomic mass is 10.2. The molecule has 0 spiro atoms. The molecule has 0 unspecified atom stereocenters. The molecule has 1 aromatic carbocycles. The molecule has 0 atom stereocenters. The number of benzene rings is 1. The van der Waals surface area contributed by atoms with Gasteiger partial charge in [0.2, 0.25) is 0 Å². The Balaban J connectivity index is 2.55. The van der Waals surface area contributed by atoms with Crippen molar-refractivity contribution in [3.63, 3.8) is 0 Å². The van der Waals surface area contributed by atoms with Crippen LogP contribution in [-0.2, 0) is 0 Å². The molecule has 0 bridgehead atoms. The molecule has 1 aromatic heterocycles. The van der Waals surface area contributed by atoms with Gasteiger partial charge in [-0.1, -0.05) is 11.6 Å². The van der Waals surface area contributed by atoms with Gasteiger partial charge in [-0.3, -0.25) is 4.79 Å². The number of halogens is 1. The summed E-state index contributed by atoms with van der Waals surface area (Å²) in [5, 5.41) is 1.37. The number of carbonyl (C=O) groups is 1. The first-order chi connectivity index (χ1) is 8.15. The third-order valence-electron chi connectivity index (χ3n) is 2.33. The molecule has 2 aromatic rings. The van der Waals surface area contributed by atoms with Gasteiger partial charge in [0.1, 0.15) is 10.8 Å². The lowest BCUT2D eigenvalue weighted by Gasteiger charge is -2.05. The quantitative estimate of drug-likeness (QED) is 0.798. The minimum Gasteiger partial charge on any atom is -0.496 e. The molecule has 2 rings (SSSR count). The van der Waals surface area contributed by atoms with Crippen LogP contribution < -0.4 is 4.74 Å². The Bertz CT molecular complexity index is 566. The number of hydrogen-bond acceptors (Lipinski definition) is 4. The number of aromatic nitrogens is 1. The molecule has 17 heavy (non-hydrogen) atoms. The van der Waals surface area contributed by atoms with E-state index in [1.165, 1.54) is 11.3 Å². The van der Waals surface area contributed by atoms with Crippen molar-refractivity contribution in [1.29, 1.82) is 0 Å². The molecule has 0 saturated heterocycles. The fraction of sp³-hybridized carbons (Fsp3) is 0.167. The molecule has 0 N–H and O–H groups in total. The van der Waals surface area contributed by atoms with Gasteiger partial charge in [0.15, 0.2) is 6.29 Å². The second-order valence-corrected chi connectivity index (χ2v) is 4.90. The average Bonchev–Trinajstić information content (AvgIpc) is 2.70. The first-order valence-corrected chi connectivity index (χ1v) is 6.11. The summed E-state index contributed by atoms with van der Waals surface area (Å²) in [6, 6.07) is 5.35. The van der Waals surface area contributed by atoms with Crippen LogP contribution in [0.25, 0.3) is 10.6 Å². The number of aldehydes is 1. The fourth-order valence-electron chi connectivity index (χ4n) is 1.47. The molecule has 5 heteroatoms. The van der Waals surface area contributed by atoms with Gasteiger partial charge in [0.25, 0.3) is 0 Å². The highest BCUT2D eigenvalue weighted by molar-refractivity contribution is 7.16. The van der Waals surface area contributed by atoms with Crippen LogP contribution in [-0.4, -0.2) is 18.4 Å². The predicted molar refractivity (Wildman–Crippen MR) is 69.2 cm³/mol. The summed E-state index contributed by atoms with van der Waals surface area (Å²) < 4.78 is 5.26. The molecular formula is C12H10ClNO2S. The minimum absolute atomic E-state index is 0.606. The maximum absolute atomic E-state index is 10.8. The van der Waals surface area contributed by atoms with E-state index >= 15 is 0 Å². The van der Waals surface area contributed by atoms with Crippen molar-refractivity contribution in [2.45, 2.75) is 6.92 Å². The number of thiazole rings is 1. The highest BCUT2D eigenvalue weighted by Crippen LogP contribution is 2.35. The zero-order chi connectivity index (χ0) is 12.4. The zero-order valence-electron chi connectivity index (χ0n) is 9.36. The summed E-state index contributed by atoms with van der Waals surface area (Å²) in [5.41, 5.74) is 1.58. The zero-order valence-corrected chi connectivity index (χ0v) is 10.9. The van der Waals surface area contributed by atoms with Gasteiger partial charge in [-0.25, -0.2) is 4.98 Å². The third-order valence-corrected chi connectivity index (χ3v) is 3.68. The summed E-state index contributed by atoms with van der Waals surface area (Å²) in [4.78, 5) is 15.8. The summed E-state index contributed by atoms with van der Waals surface area (Å²) in [6.45, 7) is 1.81. The smallest absolute Gasteiger partial charge is 0.161 e. The van der Waals surface area contributed by atoms with E-state index in [0.717, 1.165) is 22.6 Å². The molecule has 1 heterocycles. The Morgan fingerprint density at radius 3 is 2.82 bits per heavy atom. The molecule has 3 nitrogen and oxygen atoms in total. The Morgan fingerprint density at radius 1 is 1.47 bits per heavy atom. The van der Waals surface area contributed by atoms with E-state index in [9.17, 15) is 4.79 Å². The number of carbonyl (C=O) groups excluding carboxylic acids is 1. The van der Waals surface area contributed by atoms with Crippen molar-refractivity contribution in [3.8, 4) is 16.3 Å². The van der Waals surface area contributed by atoms with Crippen molar-refractivity contribution in [2.75, 3.05) is 7.11 Å². The van der Waals surface area contributed by atoms with Crippen molar-refractivity contribution in [1.82, 2.24) is 4.98 Å². The van der Waals surface area contributed by atoms with E-state index < -0.39 is 0 Å². The van der Waals surface area contributed by atoms with Crippen molar-refractivity contribution >= 4 is 29.2 Å². The van der Waals surface area contributed by atoms with Gasteiger partial charge >= 0.3 is 0 Å². The van der Waals surface area contributed by atoms with Crippen LogP contribution in [0.3, 0.4) is 0 Å². The highest BCUT2D eigenvalue weighted by Gasteiger charge is 2.13. The number of nitrogens with zero attached hydrogens (tertiary/aromatic N) is 1. The lowest BCUT2D eigenvalue weighted by molar-refractivity contribution is 0.112. The van der Waals surface area contributed by atoms with Crippen LogP contribution in [0.1, 0.15) is 15.4 Å². The number of rotatable bonds is 3. The Kier molecular flexibility index (Phi) is 3.45. The SMILES string of the molecule is COc1cc(Cl)ccc1-c1nc(C)c(C=O)s1. The number of aryl methyl sites for hydroxylation is 1. The average molecular weight is 268 g/mol. The molecule has 0 fully saturated rings. The Labute approximate surface area is 108 Å². The van der Waals surface area contributed by atoms with Gasteiger partial charge in [-0.15, -0.1) is 11.3 Å². The summed E-state index contributed by atoms with van der Waals surface area (Å²) >= 11 is 7.24. The van der Waals surface area contributed by atoms with Crippen LogP contribution in [0.15, 0.2) is 18.2 Å². The summed E-state index contributed by atoms with van der Waals surface area (Å²) in [5.74, 6) is 0.656. The second-order valence-electron chi connectivity index (χ2n) is 3.43. The number of ether oxygens (including phenoxy) is 1. The van der Waals surface area contributed by atoms with Crippen molar-refractivity contribution in [2.24, 2.45) is 0 Å².